The van der Waals surface area contributed by atoms with E-state index in [4.69, 9.17) is 4.74 Å². The first-order valence-corrected chi connectivity index (χ1v) is 10.7. The molecular weight excluding hydrogens is 461 g/mol. The highest BCUT2D eigenvalue weighted by molar-refractivity contribution is 14.1. The second kappa shape index (κ2) is 9.52. The lowest BCUT2D eigenvalue weighted by Gasteiger charge is -2.26. The van der Waals surface area contributed by atoms with E-state index in [9.17, 15) is 4.79 Å². The Balaban J connectivity index is 2.53. The first-order valence-electron chi connectivity index (χ1n) is 7.02. The normalized spacial score (nSPS) is 14.9. The van der Waals surface area contributed by atoms with Crippen LogP contribution in [0.2, 0.25) is 0 Å². The predicted molar refractivity (Wildman–Crippen MR) is 106 cm³/mol. The highest BCUT2D eigenvalue weighted by Crippen LogP contribution is 2.36. The van der Waals surface area contributed by atoms with Gasteiger partial charge in [0, 0.05) is 10.5 Å². The minimum atomic E-state index is -0.489. The second-order valence-corrected chi connectivity index (χ2v) is 10.9. The predicted octanol–water partition coefficient (Wildman–Crippen LogP) is 4.85. The number of esters is 1. The average molecular weight is 483 g/mol. The monoisotopic (exact) mass is 482 g/mol. The highest BCUT2D eigenvalue weighted by Gasteiger charge is 2.32. The summed E-state index contributed by atoms with van der Waals surface area (Å²) in [5.74, 6) is -0.104. The summed E-state index contributed by atoms with van der Waals surface area (Å²) in [5, 5.41) is 0. The summed E-state index contributed by atoms with van der Waals surface area (Å²) in [4.78, 5) is 13.6. The molecule has 0 aliphatic rings. The van der Waals surface area contributed by atoms with Gasteiger partial charge in [-0.1, -0.05) is 53.2 Å². The van der Waals surface area contributed by atoms with Crippen molar-refractivity contribution in [2.75, 3.05) is 6.61 Å². The van der Waals surface area contributed by atoms with Crippen molar-refractivity contribution in [2.24, 2.45) is 5.41 Å². The van der Waals surface area contributed by atoms with Crippen LogP contribution in [0.15, 0.2) is 30.3 Å². The third kappa shape index (κ3) is 7.00. The quantitative estimate of drug-likeness (QED) is 0.174. The second-order valence-electron chi connectivity index (χ2n) is 5.80. The number of rotatable bonds is 8. The third-order valence-corrected chi connectivity index (χ3v) is 6.48. The van der Waals surface area contributed by atoms with E-state index in [1.54, 1.807) is 0 Å². The fraction of sp³-hybridized carbons (Fsp3) is 0.533. The number of benzene rings is 1. The molecule has 3 unspecified atom stereocenters. The first-order chi connectivity index (χ1) is 9.86. The lowest BCUT2D eigenvalue weighted by atomic mass is 9.86. The zero-order valence-corrected chi connectivity index (χ0v) is 17.5. The largest absolute Gasteiger partial charge is 0.465 e. The van der Waals surface area contributed by atoms with E-state index in [0.717, 1.165) is 19.7 Å². The van der Waals surface area contributed by atoms with Gasteiger partial charge in [-0.2, -0.15) is 0 Å². The molecule has 116 valence electrons. The highest BCUT2D eigenvalue weighted by atomic mass is 127. The van der Waals surface area contributed by atoms with Gasteiger partial charge < -0.3 is 4.74 Å². The van der Waals surface area contributed by atoms with Crippen LogP contribution in [0, 0.1) is 5.41 Å². The van der Waals surface area contributed by atoms with Crippen LogP contribution in [0.25, 0.3) is 0 Å². The Morgan fingerprint density at radius 2 is 2.05 bits per heavy atom. The maximum absolute atomic E-state index is 12.3. The van der Waals surface area contributed by atoms with Crippen LogP contribution in [0.3, 0.4) is 0 Å². The average Bonchev–Trinajstić information content (AvgIpc) is 2.45. The fourth-order valence-electron chi connectivity index (χ4n) is 1.90. The molecule has 0 aliphatic carbocycles. The Morgan fingerprint density at radius 1 is 1.43 bits per heavy atom. The van der Waals surface area contributed by atoms with E-state index in [-0.39, 0.29) is 10.8 Å². The van der Waals surface area contributed by atoms with Gasteiger partial charge in [0.2, 0.25) is 4.86 Å². The molecule has 0 saturated carbocycles. The van der Waals surface area contributed by atoms with Crippen LogP contribution in [-0.4, -0.2) is 23.1 Å². The molecule has 0 fully saturated rings. The van der Waals surface area contributed by atoms with Crippen LogP contribution in [0.5, 0.6) is 0 Å². The van der Waals surface area contributed by atoms with Crippen molar-refractivity contribution in [2.45, 2.75) is 37.7 Å². The Kier molecular flexibility index (Phi) is 8.81. The van der Waals surface area contributed by atoms with Crippen LogP contribution < -0.4 is 0 Å². The van der Waals surface area contributed by atoms with Crippen LogP contribution in [0.1, 0.15) is 37.6 Å². The number of ether oxygens (including phenoxy) is 1. The SMILES string of the molecule is CC(COC(=O)C(C)(C)CC(Br)c1ccccc1)PBI. The minimum absolute atomic E-state index is 0.104. The molecule has 3 atom stereocenters. The van der Waals surface area contributed by atoms with Crippen molar-refractivity contribution < 1.29 is 9.53 Å². The van der Waals surface area contributed by atoms with E-state index in [2.05, 4.69) is 57.4 Å². The lowest BCUT2D eigenvalue weighted by molar-refractivity contribution is -0.154. The molecule has 0 heterocycles. The number of hydrogen-bond donors (Lipinski definition) is 0. The molecule has 0 aliphatic heterocycles. The van der Waals surface area contributed by atoms with Gasteiger partial charge in [-0.25, -0.2) is 0 Å². The molecule has 1 aromatic rings. The zero-order valence-electron chi connectivity index (χ0n) is 12.7. The summed E-state index contributed by atoms with van der Waals surface area (Å²) >= 11 is 6.05. The fourth-order valence-corrected chi connectivity index (χ4v) is 5.73. The van der Waals surface area contributed by atoms with Gasteiger partial charge in [-0.15, -0.1) is 30.8 Å². The maximum Gasteiger partial charge on any atom is 0.311 e. The lowest BCUT2D eigenvalue weighted by Crippen LogP contribution is -2.29. The standard InChI is InChI=1S/C15H22BBrIO2P/c1-11(21-16-18)10-20-14(19)15(2,3)9-13(17)12-7-5-4-6-8-12/h4-8,11,13,16,21H,9-10H2,1-3H3. The molecule has 0 saturated heterocycles. The summed E-state index contributed by atoms with van der Waals surface area (Å²) in [6, 6.07) is 10.2. The van der Waals surface area contributed by atoms with Crippen molar-refractivity contribution in [3.8, 4) is 0 Å². The van der Waals surface area contributed by atoms with Gasteiger partial charge in [0.25, 0.3) is 0 Å². The Morgan fingerprint density at radius 3 is 2.62 bits per heavy atom. The molecule has 0 aromatic heterocycles. The zero-order chi connectivity index (χ0) is 15.9. The molecule has 21 heavy (non-hydrogen) atoms. The van der Waals surface area contributed by atoms with Gasteiger partial charge in [0.15, 0.2) is 0 Å². The van der Waals surface area contributed by atoms with Crippen LogP contribution >= 0.6 is 46.8 Å². The molecule has 2 nitrogen and oxygen atoms in total. The van der Waals surface area contributed by atoms with E-state index in [1.165, 1.54) is 5.56 Å². The number of carbonyl (C=O) groups excluding carboxylic acids is 1. The van der Waals surface area contributed by atoms with Crippen molar-refractivity contribution in [3.63, 3.8) is 0 Å². The van der Waals surface area contributed by atoms with E-state index in [1.807, 2.05) is 32.0 Å². The van der Waals surface area contributed by atoms with Gasteiger partial charge in [0.05, 0.1) is 12.0 Å². The molecule has 0 spiro atoms. The van der Waals surface area contributed by atoms with Gasteiger partial charge in [-0.05, 0) is 25.8 Å². The smallest absolute Gasteiger partial charge is 0.311 e. The Bertz CT molecular complexity index is 445. The summed E-state index contributed by atoms with van der Waals surface area (Å²) in [7, 11) is 0.845. The molecule has 0 amide bonds. The molecule has 6 heteroatoms. The van der Waals surface area contributed by atoms with E-state index >= 15 is 0 Å². The minimum Gasteiger partial charge on any atom is -0.465 e. The van der Waals surface area contributed by atoms with E-state index in [0.29, 0.717) is 12.3 Å². The van der Waals surface area contributed by atoms with Crippen molar-refractivity contribution >= 4 is 57.6 Å². The molecule has 1 rings (SSSR count). The van der Waals surface area contributed by atoms with Gasteiger partial charge in [-0.3, -0.25) is 4.79 Å². The molecular formula is C15H22BBrIO2P. The van der Waals surface area contributed by atoms with Gasteiger partial charge >= 0.3 is 5.97 Å². The molecule has 0 radical (unpaired) electrons. The summed E-state index contributed by atoms with van der Waals surface area (Å²) in [6.07, 6.45) is 0.721. The summed E-state index contributed by atoms with van der Waals surface area (Å²) < 4.78 is 5.50. The van der Waals surface area contributed by atoms with Crippen LogP contribution in [-0.2, 0) is 9.53 Å². The molecule has 0 bridgehead atoms. The summed E-state index contributed by atoms with van der Waals surface area (Å²) in [5.41, 5.74) is 1.16. The molecule has 1 aromatic carbocycles. The number of hydrogen-bond acceptors (Lipinski definition) is 2. The summed E-state index contributed by atoms with van der Waals surface area (Å²) in [6.45, 7) is 6.58. The number of halogens is 2. The van der Waals surface area contributed by atoms with Crippen molar-refractivity contribution in [1.29, 1.82) is 0 Å². The van der Waals surface area contributed by atoms with Crippen molar-refractivity contribution in [3.05, 3.63) is 35.9 Å². The topological polar surface area (TPSA) is 26.3 Å². The maximum atomic E-state index is 12.3. The van der Waals surface area contributed by atoms with Gasteiger partial charge in [0.1, 0.15) is 0 Å². The number of alkyl halides is 1. The Hall–Kier alpha value is 0.395. The molecule has 0 N–H and O–H groups in total. The Labute approximate surface area is 152 Å². The van der Waals surface area contributed by atoms with Crippen LogP contribution in [0.4, 0.5) is 0 Å². The number of carbonyl (C=O) groups is 1. The first kappa shape index (κ1) is 19.4. The van der Waals surface area contributed by atoms with E-state index < -0.39 is 5.41 Å². The third-order valence-electron chi connectivity index (χ3n) is 3.29. The van der Waals surface area contributed by atoms with Crippen molar-refractivity contribution in [1.82, 2.24) is 0 Å².